The van der Waals surface area contributed by atoms with Crippen molar-refractivity contribution in [2.75, 3.05) is 35.7 Å². The number of benzene rings is 1. The van der Waals surface area contributed by atoms with Crippen LogP contribution in [0.3, 0.4) is 0 Å². The summed E-state index contributed by atoms with van der Waals surface area (Å²) in [6.45, 7) is 2.60. The Kier molecular flexibility index (Phi) is 7.14. The van der Waals surface area contributed by atoms with Crippen molar-refractivity contribution in [3.63, 3.8) is 0 Å². The summed E-state index contributed by atoms with van der Waals surface area (Å²) in [6.07, 6.45) is 5.89. The molecule has 0 atom stereocenters. The molecule has 1 saturated heterocycles. The Balaban J connectivity index is 1.48. The molecule has 0 spiro atoms. The molecule has 4 heterocycles. The lowest BCUT2D eigenvalue weighted by Crippen LogP contribution is -2.54. The maximum Gasteiger partial charge on any atom is 0.325 e. The van der Waals surface area contributed by atoms with Gasteiger partial charge in [0.1, 0.15) is 0 Å². The van der Waals surface area contributed by atoms with Crippen LogP contribution in [0.4, 0.5) is 15.9 Å². The number of piperidine rings is 1. The standard InChI is InChI=1S/C26H27N7O5S2/c1-3-33(23(27)36)25-31-20-13-16(12-18(21(20)39-25)19-6-4-5-9-28-19)17-14-29-24(30-15-17)32-10-7-26(8-11-32,22(34)35)40(2,37)38/h4-6,9,12-15H,3,7-8,10-11H2,1-2H3,(H2,27,36)(H,34,35). The fourth-order valence-corrected chi connectivity index (χ4v) is 7.23. The lowest BCUT2D eigenvalue weighted by Gasteiger charge is -2.37. The molecule has 5 rings (SSSR count). The monoisotopic (exact) mass is 581 g/mol. The molecule has 1 fully saturated rings. The summed E-state index contributed by atoms with van der Waals surface area (Å²) in [5, 5.41) is 10.1. The van der Waals surface area contributed by atoms with Crippen molar-refractivity contribution in [2.24, 2.45) is 5.73 Å². The molecule has 40 heavy (non-hydrogen) atoms. The zero-order valence-electron chi connectivity index (χ0n) is 21.8. The summed E-state index contributed by atoms with van der Waals surface area (Å²) < 4.78 is 23.5. The quantitative estimate of drug-likeness (QED) is 0.330. The molecule has 0 aliphatic carbocycles. The number of urea groups is 1. The van der Waals surface area contributed by atoms with Gasteiger partial charge >= 0.3 is 12.0 Å². The minimum atomic E-state index is -3.80. The average Bonchev–Trinajstić information content (AvgIpc) is 3.36. The minimum absolute atomic E-state index is 0.0530. The SMILES string of the molecule is CCN(C(N)=O)c1nc2cc(-c3cnc(N4CCC(C(=O)O)(S(C)(=O)=O)CC4)nc3)cc(-c3ccccn3)c2s1. The van der Waals surface area contributed by atoms with Gasteiger partial charge in [0.2, 0.25) is 5.95 Å². The second-order valence-electron chi connectivity index (χ2n) is 9.50. The van der Waals surface area contributed by atoms with Crippen LogP contribution in [-0.4, -0.2) is 76.1 Å². The van der Waals surface area contributed by atoms with Gasteiger partial charge in [0.25, 0.3) is 0 Å². The van der Waals surface area contributed by atoms with Crippen molar-refractivity contribution in [3.8, 4) is 22.4 Å². The summed E-state index contributed by atoms with van der Waals surface area (Å²) in [7, 11) is -3.80. The molecule has 0 radical (unpaired) electrons. The first-order valence-corrected chi connectivity index (χ1v) is 15.2. The summed E-state index contributed by atoms with van der Waals surface area (Å²) >= 11 is 1.36. The van der Waals surface area contributed by atoms with E-state index in [1.54, 1.807) is 23.5 Å². The van der Waals surface area contributed by atoms with E-state index in [0.717, 1.165) is 27.8 Å². The molecule has 3 N–H and O–H groups in total. The number of sulfone groups is 1. The van der Waals surface area contributed by atoms with Crippen LogP contribution in [-0.2, 0) is 14.6 Å². The van der Waals surface area contributed by atoms with Crippen LogP contribution in [0.5, 0.6) is 0 Å². The zero-order chi connectivity index (χ0) is 28.7. The van der Waals surface area contributed by atoms with Crippen LogP contribution in [0.25, 0.3) is 32.6 Å². The van der Waals surface area contributed by atoms with Crippen molar-refractivity contribution < 1.29 is 23.1 Å². The van der Waals surface area contributed by atoms with Gasteiger partial charge in [-0.25, -0.2) is 28.2 Å². The Morgan fingerprint density at radius 2 is 1.82 bits per heavy atom. The number of thiazole rings is 1. The maximum absolute atomic E-state index is 12.2. The number of pyridine rings is 1. The third kappa shape index (κ3) is 4.84. The third-order valence-electron chi connectivity index (χ3n) is 7.16. The largest absolute Gasteiger partial charge is 0.480 e. The molecular formula is C26H27N7O5S2. The maximum atomic E-state index is 12.2. The Hall–Kier alpha value is -4.17. The lowest BCUT2D eigenvalue weighted by atomic mass is 9.96. The fraction of sp³-hybridized carbons (Fsp3) is 0.308. The summed E-state index contributed by atoms with van der Waals surface area (Å²) in [5.74, 6) is -0.939. The number of nitrogens with zero attached hydrogens (tertiary/aromatic N) is 6. The van der Waals surface area contributed by atoms with Crippen molar-refractivity contribution in [2.45, 2.75) is 24.5 Å². The molecule has 208 valence electrons. The van der Waals surface area contributed by atoms with Gasteiger partial charge < -0.3 is 15.7 Å². The first kappa shape index (κ1) is 27.4. The smallest absolute Gasteiger partial charge is 0.325 e. The highest BCUT2D eigenvalue weighted by molar-refractivity contribution is 7.92. The van der Waals surface area contributed by atoms with E-state index in [2.05, 4.69) is 19.9 Å². The number of carboxylic acids is 1. The van der Waals surface area contributed by atoms with Gasteiger partial charge in [0, 0.05) is 55.6 Å². The van der Waals surface area contributed by atoms with E-state index >= 15 is 0 Å². The number of aromatic nitrogens is 4. The average molecular weight is 582 g/mol. The van der Waals surface area contributed by atoms with Crippen molar-refractivity contribution in [1.29, 1.82) is 0 Å². The number of rotatable bonds is 7. The number of carbonyl (C=O) groups is 2. The molecule has 0 saturated carbocycles. The minimum Gasteiger partial charge on any atom is -0.480 e. The van der Waals surface area contributed by atoms with E-state index in [1.165, 1.54) is 16.2 Å². The van der Waals surface area contributed by atoms with Gasteiger partial charge in [-0.2, -0.15) is 0 Å². The van der Waals surface area contributed by atoms with Crippen LogP contribution < -0.4 is 15.5 Å². The van der Waals surface area contributed by atoms with Gasteiger partial charge in [-0.05, 0) is 49.6 Å². The first-order chi connectivity index (χ1) is 19.0. The van der Waals surface area contributed by atoms with Crippen molar-refractivity contribution in [1.82, 2.24) is 19.9 Å². The van der Waals surface area contributed by atoms with Crippen molar-refractivity contribution >= 4 is 54.5 Å². The molecule has 1 aliphatic heterocycles. The predicted octanol–water partition coefficient (Wildman–Crippen LogP) is 3.19. The Morgan fingerprint density at radius 3 is 2.38 bits per heavy atom. The number of carbonyl (C=O) groups excluding carboxylic acids is 1. The Morgan fingerprint density at radius 1 is 1.12 bits per heavy atom. The number of nitrogens with two attached hydrogens (primary N) is 1. The molecule has 1 aliphatic rings. The number of primary amides is 1. The van der Waals surface area contributed by atoms with Gasteiger partial charge in [0.15, 0.2) is 19.7 Å². The van der Waals surface area contributed by atoms with E-state index in [9.17, 15) is 23.1 Å². The van der Waals surface area contributed by atoms with Gasteiger partial charge in [-0.15, -0.1) is 0 Å². The third-order valence-corrected chi connectivity index (χ3v) is 10.3. The van der Waals surface area contributed by atoms with Gasteiger partial charge in [0.05, 0.1) is 15.9 Å². The van der Waals surface area contributed by atoms with Crippen molar-refractivity contribution in [3.05, 3.63) is 48.9 Å². The summed E-state index contributed by atoms with van der Waals surface area (Å²) in [5.41, 5.74) is 9.31. The summed E-state index contributed by atoms with van der Waals surface area (Å²) in [6, 6.07) is 8.90. The van der Waals surface area contributed by atoms with E-state index < -0.39 is 26.6 Å². The molecule has 2 amide bonds. The topological polar surface area (TPSA) is 173 Å². The lowest BCUT2D eigenvalue weighted by molar-refractivity contribution is -0.140. The second kappa shape index (κ2) is 10.4. The zero-order valence-corrected chi connectivity index (χ0v) is 23.4. The van der Waals surface area contributed by atoms with E-state index in [0.29, 0.717) is 28.7 Å². The predicted molar refractivity (Wildman–Crippen MR) is 153 cm³/mol. The van der Waals surface area contributed by atoms with Crippen LogP contribution in [0.1, 0.15) is 19.8 Å². The Bertz CT molecular complexity index is 1680. The van der Waals surface area contributed by atoms with Crippen LogP contribution in [0.15, 0.2) is 48.9 Å². The number of anilines is 2. The molecular weight excluding hydrogens is 554 g/mol. The van der Waals surface area contributed by atoms with E-state index in [4.69, 9.17) is 5.73 Å². The number of hydrogen-bond donors (Lipinski definition) is 2. The molecule has 0 unspecified atom stereocenters. The van der Waals surface area contributed by atoms with Crippen LogP contribution in [0, 0.1) is 0 Å². The van der Waals surface area contributed by atoms with E-state index in [-0.39, 0.29) is 25.9 Å². The van der Waals surface area contributed by atoms with Gasteiger partial charge in [-0.3, -0.25) is 14.7 Å². The molecule has 1 aromatic carbocycles. The van der Waals surface area contributed by atoms with Crippen LogP contribution in [0.2, 0.25) is 0 Å². The molecule has 14 heteroatoms. The molecule has 12 nitrogen and oxygen atoms in total. The summed E-state index contributed by atoms with van der Waals surface area (Å²) in [4.78, 5) is 45.2. The van der Waals surface area contributed by atoms with E-state index in [1.807, 2.05) is 37.3 Å². The van der Waals surface area contributed by atoms with Crippen LogP contribution >= 0.6 is 11.3 Å². The Labute approximate surface area is 234 Å². The second-order valence-corrected chi connectivity index (χ2v) is 12.8. The molecule has 4 aromatic rings. The number of carboxylic acid groups (broad SMARTS) is 1. The molecule has 0 bridgehead atoms. The number of hydrogen-bond acceptors (Lipinski definition) is 10. The number of aliphatic carboxylic acids is 1. The highest BCUT2D eigenvalue weighted by Gasteiger charge is 2.50. The highest BCUT2D eigenvalue weighted by Crippen LogP contribution is 2.39. The first-order valence-electron chi connectivity index (χ1n) is 12.5. The van der Waals surface area contributed by atoms with Gasteiger partial charge in [-0.1, -0.05) is 17.4 Å². The fourth-order valence-electron chi connectivity index (χ4n) is 4.85. The highest BCUT2D eigenvalue weighted by atomic mass is 32.2. The number of fused-ring (bicyclic) bond motifs is 1. The molecule has 3 aromatic heterocycles. The normalized spacial score (nSPS) is 15.2. The number of amides is 2.